The summed E-state index contributed by atoms with van der Waals surface area (Å²) in [6, 6.07) is 0. The number of hydrogen-bond acceptors (Lipinski definition) is 8. The van der Waals surface area contributed by atoms with Gasteiger partial charge in [-0.05, 0) is 33.1 Å². The van der Waals surface area contributed by atoms with Crippen LogP contribution in [-0.4, -0.2) is 59.0 Å². The SMILES string of the molecule is CCC(C)(C[C@H]1O[C@@H](n2cc(C)c(=O)[nH]c2=O)[C@H](O)[C@@H]1O)OP(=O)(O)C(O)(CC)CC. The van der Waals surface area contributed by atoms with Crippen LogP contribution in [0.3, 0.4) is 0 Å². The predicted molar refractivity (Wildman–Crippen MR) is 112 cm³/mol. The molecule has 1 fully saturated rings. The maximum Gasteiger partial charge on any atom is 0.359 e. The maximum atomic E-state index is 12.8. The van der Waals surface area contributed by atoms with Crippen LogP contribution in [0.2, 0.25) is 0 Å². The lowest BCUT2D eigenvalue weighted by Gasteiger charge is -2.38. The Morgan fingerprint density at radius 1 is 1.19 bits per heavy atom. The van der Waals surface area contributed by atoms with Crippen LogP contribution in [0, 0.1) is 6.92 Å². The molecule has 6 atom stereocenters. The minimum atomic E-state index is -4.48. The van der Waals surface area contributed by atoms with Crippen LogP contribution in [0.15, 0.2) is 15.8 Å². The minimum absolute atomic E-state index is 0.00882. The van der Waals surface area contributed by atoms with Crippen molar-refractivity contribution in [2.24, 2.45) is 0 Å². The second-order valence-corrected chi connectivity index (χ2v) is 10.4. The first-order valence-corrected chi connectivity index (χ1v) is 11.9. The molecule has 5 N–H and O–H groups in total. The number of nitrogens with one attached hydrogen (secondary N) is 1. The molecule has 2 heterocycles. The molecule has 12 heteroatoms. The Balaban J connectivity index is 2.28. The topological polar surface area (TPSA) is 171 Å². The summed E-state index contributed by atoms with van der Waals surface area (Å²) in [7, 11) is -4.48. The molecule has 2 rings (SSSR count). The predicted octanol–water partition coefficient (Wildman–Crippen LogP) is 0.734. The monoisotopic (exact) mass is 464 g/mol. The van der Waals surface area contributed by atoms with Gasteiger partial charge in [0.05, 0.1) is 11.7 Å². The normalized spacial score (nSPS) is 28.3. The van der Waals surface area contributed by atoms with Crippen molar-refractivity contribution in [1.82, 2.24) is 9.55 Å². The molecule has 31 heavy (non-hydrogen) atoms. The van der Waals surface area contributed by atoms with Gasteiger partial charge in [-0.25, -0.2) is 4.79 Å². The molecule has 0 radical (unpaired) electrons. The van der Waals surface area contributed by atoms with E-state index in [1.807, 2.05) is 0 Å². The van der Waals surface area contributed by atoms with Gasteiger partial charge in [-0.1, -0.05) is 20.8 Å². The highest BCUT2D eigenvalue weighted by Gasteiger charge is 2.51. The lowest BCUT2D eigenvalue weighted by molar-refractivity contribution is -0.0721. The molecule has 1 aromatic heterocycles. The molecule has 0 saturated carbocycles. The van der Waals surface area contributed by atoms with E-state index < -0.39 is 54.3 Å². The molecule has 2 unspecified atom stereocenters. The molecule has 0 aliphatic carbocycles. The Labute approximate surface area is 180 Å². The van der Waals surface area contributed by atoms with Crippen LogP contribution >= 0.6 is 7.60 Å². The number of rotatable bonds is 9. The molecule has 0 bridgehead atoms. The Kier molecular flexibility index (Phi) is 7.75. The van der Waals surface area contributed by atoms with Gasteiger partial charge in [-0.2, -0.15) is 0 Å². The highest BCUT2D eigenvalue weighted by atomic mass is 31.2. The van der Waals surface area contributed by atoms with E-state index in [0.717, 1.165) is 4.57 Å². The molecule has 0 amide bonds. The fraction of sp³-hybridized carbons (Fsp3) is 0.789. The highest BCUT2D eigenvalue weighted by molar-refractivity contribution is 7.54. The van der Waals surface area contributed by atoms with Crippen molar-refractivity contribution in [3.05, 3.63) is 32.6 Å². The van der Waals surface area contributed by atoms with Gasteiger partial charge >= 0.3 is 13.3 Å². The summed E-state index contributed by atoms with van der Waals surface area (Å²) in [4.78, 5) is 36.3. The van der Waals surface area contributed by atoms with Gasteiger partial charge in [0.1, 0.15) is 12.2 Å². The van der Waals surface area contributed by atoms with E-state index >= 15 is 0 Å². The van der Waals surface area contributed by atoms with Gasteiger partial charge in [0.15, 0.2) is 11.6 Å². The van der Waals surface area contributed by atoms with E-state index in [-0.39, 0.29) is 31.2 Å². The number of aromatic nitrogens is 2. The molecule has 178 valence electrons. The van der Waals surface area contributed by atoms with Crippen LogP contribution in [0.5, 0.6) is 0 Å². The molecular formula is C19H33N2O9P. The fourth-order valence-corrected chi connectivity index (χ4v) is 5.38. The van der Waals surface area contributed by atoms with Crippen molar-refractivity contribution in [3.8, 4) is 0 Å². The third kappa shape index (κ3) is 5.03. The molecule has 1 saturated heterocycles. The van der Waals surface area contributed by atoms with E-state index in [2.05, 4.69) is 4.98 Å². The van der Waals surface area contributed by atoms with Crippen LogP contribution < -0.4 is 11.2 Å². The number of hydrogen-bond donors (Lipinski definition) is 5. The van der Waals surface area contributed by atoms with Crippen molar-refractivity contribution >= 4 is 7.60 Å². The molecule has 1 aliphatic rings. The Morgan fingerprint density at radius 3 is 2.29 bits per heavy atom. The zero-order valence-electron chi connectivity index (χ0n) is 18.4. The summed E-state index contributed by atoms with van der Waals surface area (Å²) in [5.41, 5.74) is -2.45. The Morgan fingerprint density at radius 2 is 1.77 bits per heavy atom. The van der Waals surface area contributed by atoms with E-state index in [1.54, 1.807) is 27.7 Å². The number of aromatic amines is 1. The summed E-state index contributed by atoms with van der Waals surface area (Å²) in [5, 5.41) is 29.6. The quantitative estimate of drug-likeness (QED) is 0.330. The van der Waals surface area contributed by atoms with Crippen molar-refractivity contribution in [2.45, 2.75) is 95.8 Å². The summed E-state index contributed by atoms with van der Waals surface area (Å²) < 4.78 is 25.1. The summed E-state index contributed by atoms with van der Waals surface area (Å²) in [6.07, 6.45) is -3.83. The highest BCUT2D eigenvalue weighted by Crippen LogP contribution is 2.60. The number of aliphatic hydroxyl groups excluding tert-OH is 2. The number of ether oxygens (including phenoxy) is 1. The van der Waals surface area contributed by atoms with Gasteiger partial charge < -0.3 is 29.5 Å². The first-order chi connectivity index (χ1) is 14.2. The van der Waals surface area contributed by atoms with Crippen LogP contribution in [0.4, 0.5) is 0 Å². The largest absolute Gasteiger partial charge is 0.388 e. The lowest BCUT2D eigenvalue weighted by Crippen LogP contribution is -2.40. The third-order valence-corrected chi connectivity index (χ3v) is 8.51. The second-order valence-electron chi connectivity index (χ2n) is 8.33. The number of aryl methyl sites for hydroxylation is 1. The van der Waals surface area contributed by atoms with Gasteiger partial charge in [0.2, 0.25) is 0 Å². The van der Waals surface area contributed by atoms with Crippen LogP contribution in [0.1, 0.15) is 65.2 Å². The van der Waals surface area contributed by atoms with E-state index in [4.69, 9.17) is 9.26 Å². The standard InChI is InChI=1S/C19H33N2O9P/c1-6-18(5,30-31(27,28)19(26,7-2)8-3)9-12-13(22)14(23)16(29-12)21-10-11(4)15(24)20-17(21)25/h10,12-14,16,22-23,26H,6-9H2,1-5H3,(H,27,28)(H,20,24,25)/t12-,13-,14-,16-,18?/m1/s1. The molecule has 1 aromatic rings. The van der Waals surface area contributed by atoms with E-state index in [9.17, 15) is 34.4 Å². The van der Waals surface area contributed by atoms with E-state index in [1.165, 1.54) is 13.1 Å². The molecule has 0 aromatic carbocycles. The maximum absolute atomic E-state index is 12.8. The average Bonchev–Trinajstić information content (AvgIpc) is 2.97. The molecule has 1 aliphatic heterocycles. The minimum Gasteiger partial charge on any atom is -0.388 e. The number of H-pyrrole nitrogens is 1. The fourth-order valence-electron chi connectivity index (χ4n) is 3.61. The Bertz CT molecular complexity index is 941. The molecule has 0 spiro atoms. The van der Waals surface area contributed by atoms with Crippen molar-refractivity contribution < 1.29 is 34.0 Å². The van der Waals surface area contributed by atoms with Crippen molar-refractivity contribution in [3.63, 3.8) is 0 Å². The lowest BCUT2D eigenvalue weighted by atomic mass is 9.93. The van der Waals surface area contributed by atoms with Gasteiger partial charge in [-0.15, -0.1) is 0 Å². The molecule has 11 nitrogen and oxygen atoms in total. The molecular weight excluding hydrogens is 431 g/mol. The summed E-state index contributed by atoms with van der Waals surface area (Å²) >= 11 is 0. The van der Waals surface area contributed by atoms with Crippen LogP contribution in [-0.2, 0) is 13.8 Å². The van der Waals surface area contributed by atoms with Crippen LogP contribution in [0.25, 0.3) is 0 Å². The second kappa shape index (κ2) is 9.27. The smallest absolute Gasteiger partial charge is 0.359 e. The van der Waals surface area contributed by atoms with Gasteiger partial charge in [0, 0.05) is 18.2 Å². The van der Waals surface area contributed by atoms with E-state index in [0.29, 0.717) is 0 Å². The average molecular weight is 464 g/mol. The zero-order chi connectivity index (χ0) is 23.8. The first-order valence-electron chi connectivity index (χ1n) is 10.3. The van der Waals surface area contributed by atoms with Gasteiger partial charge in [-0.3, -0.25) is 18.9 Å². The number of aliphatic hydroxyl groups is 3. The Hall–Kier alpha value is -1.33. The first kappa shape index (κ1) is 25.9. The van der Waals surface area contributed by atoms with Crippen molar-refractivity contribution in [1.29, 1.82) is 0 Å². The zero-order valence-corrected chi connectivity index (χ0v) is 19.3. The summed E-state index contributed by atoms with van der Waals surface area (Å²) in [5.74, 6) is 0. The number of nitrogens with zero attached hydrogens (tertiary/aromatic N) is 1. The third-order valence-electron chi connectivity index (χ3n) is 6.14. The van der Waals surface area contributed by atoms with Gasteiger partial charge in [0.25, 0.3) is 5.56 Å². The van der Waals surface area contributed by atoms with Crippen molar-refractivity contribution in [2.75, 3.05) is 0 Å². The summed E-state index contributed by atoms with van der Waals surface area (Å²) in [6.45, 7) is 7.89.